The summed E-state index contributed by atoms with van der Waals surface area (Å²) in [7, 11) is 0. The maximum absolute atomic E-state index is 11.5. The molecular weight excluding hydrogens is 196 g/mol. The number of carbonyl (C=O) groups excluding carboxylic acids is 1. The Morgan fingerprint density at radius 1 is 1.40 bits per heavy atom. The zero-order valence-corrected chi connectivity index (χ0v) is 9.41. The molecule has 1 saturated carbocycles. The summed E-state index contributed by atoms with van der Waals surface area (Å²) in [5.41, 5.74) is 5.11. The van der Waals surface area contributed by atoms with Crippen LogP contribution >= 0.6 is 0 Å². The van der Waals surface area contributed by atoms with Gasteiger partial charge in [0.2, 0.25) is 5.91 Å². The third-order valence-electron chi connectivity index (χ3n) is 2.38. The monoisotopic (exact) mass is 216 g/mol. The minimum atomic E-state index is -0.622. The van der Waals surface area contributed by atoms with Crippen molar-refractivity contribution in [3.63, 3.8) is 0 Å². The van der Waals surface area contributed by atoms with E-state index in [1.54, 1.807) is 0 Å². The minimum Gasteiger partial charge on any atom is -0.351 e. The van der Waals surface area contributed by atoms with Crippen LogP contribution in [0.4, 0.5) is 0 Å². The summed E-state index contributed by atoms with van der Waals surface area (Å²) in [5.74, 6) is -0.105. The molecule has 3 N–H and O–H groups in total. The molecule has 15 heavy (non-hydrogen) atoms. The van der Waals surface area contributed by atoms with Crippen molar-refractivity contribution in [2.24, 2.45) is 5.73 Å². The highest BCUT2D eigenvalue weighted by molar-refractivity contribution is 5.88. The SMILES string of the molecule is CCOC(CNC(=O)C1(N)CC1)OCC. The lowest BCUT2D eigenvalue weighted by molar-refractivity contribution is -0.141. The lowest BCUT2D eigenvalue weighted by Crippen LogP contribution is -2.46. The number of amides is 1. The highest BCUT2D eigenvalue weighted by Crippen LogP contribution is 2.31. The second-order valence-electron chi connectivity index (χ2n) is 3.71. The van der Waals surface area contributed by atoms with E-state index in [1.165, 1.54) is 0 Å². The molecular formula is C10H20N2O3. The van der Waals surface area contributed by atoms with Gasteiger partial charge in [0.25, 0.3) is 0 Å². The van der Waals surface area contributed by atoms with Gasteiger partial charge in [-0.3, -0.25) is 4.79 Å². The normalized spacial score (nSPS) is 17.9. The van der Waals surface area contributed by atoms with E-state index in [-0.39, 0.29) is 12.2 Å². The Hall–Kier alpha value is -0.650. The van der Waals surface area contributed by atoms with Crippen molar-refractivity contribution in [1.29, 1.82) is 0 Å². The first kappa shape index (κ1) is 12.4. The molecule has 5 nitrogen and oxygen atoms in total. The fourth-order valence-corrected chi connectivity index (χ4v) is 1.25. The van der Waals surface area contributed by atoms with Gasteiger partial charge in [0.15, 0.2) is 6.29 Å². The molecule has 0 aliphatic heterocycles. The van der Waals surface area contributed by atoms with Gasteiger partial charge in [0.1, 0.15) is 0 Å². The smallest absolute Gasteiger partial charge is 0.240 e. The summed E-state index contributed by atoms with van der Waals surface area (Å²) in [6.07, 6.45) is 1.17. The molecule has 0 aromatic rings. The number of nitrogens with one attached hydrogen (secondary N) is 1. The summed E-state index contributed by atoms with van der Waals surface area (Å²) >= 11 is 0. The van der Waals surface area contributed by atoms with Crippen LogP contribution < -0.4 is 11.1 Å². The average molecular weight is 216 g/mol. The van der Waals surface area contributed by atoms with Gasteiger partial charge in [0.05, 0.1) is 12.1 Å². The Balaban J connectivity index is 2.23. The van der Waals surface area contributed by atoms with Gasteiger partial charge in [-0.2, -0.15) is 0 Å². The summed E-state index contributed by atoms with van der Waals surface area (Å²) in [5, 5.41) is 2.74. The maximum atomic E-state index is 11.5. The predicted molar refractivity (Wildman–Crippen MR) is 56.2 cm³/mol. The van der Waals surface area contributed by atoms with Crippen LogP contribution in [0.25, 0.3) is 0 Å². The van der Waals surface area contributed by atoms with E-state index in [4.69, 9.17) is 15.2 Å². The first-order chi connectivity index (χ1) is 7.12. The molecule has 0 saturated heterocycles. The molecule has 0 heterocycles. The van der Waals surface area contributed by atoms with E-state index in [0.717, 1.165) is 12.8 Å². The van der Waals surface area contributed by atoms with Crippen molar-refractivity contribution >= 4 is 5.91 Å². The van der Waals surface area contributed by atoms with Gasteiger partial charge in [-0.25, -0.2) is 0 Å². The molecule has 5 heteroatoms. The molecule has 1 aliphatic rings. The van der Waals surface area contributed by atoms with Crippen LogP contribution in [-0.4, -0.2) is 37.5 Å². The number of ether oxygens (including phenoxy) is 2. The Bertz CT molecular complexity index is 211. The van der Waals surface area contributed by atoms with Crippen molar-refractivity contribution in [3.05, 3.63) is 0 Å². The molecule has 0 spiro atoms. The number of nitrogens with two attached hydrogens (primary N) is 1. The molecule has 0 aromatic heterocycles. The molecule has 1 fully saturated rings. The average Bonchev–Trinajstić information content (AvgIpc) is 2.94. The van der Waals surface area contributed by atoms with Gasteiger partial charge in [0, 0.05) is 13.2 Å². The highest BCUT2D eigenvalue weighted by atomic mass is 16.7. The van der Waals surface area contributed by atoms with Crippen molar-refractivity contribution in [3.8, 4) is 0 Å². The highest BCUT2D eigenvalue weighted by Gasteiger charge is 2.45. The topological polar surface area (TPSA) is 73.6 Å². The largest absolute Gasteiger partial charge is 0.351 e. The first-order valence-electron chi connectivity index (χ1n) is 5.42. The molecule has 1 rings (SSSR count). The predicted octanol–water partition coefficient (Wildman–Crippen LogP) is -0.00700. The van der Waals surface area contributed by atoms with E-state index in [0.29, 0.717) is 19.8 Å². The second-order valence-corrected chi connectivity index (χ2v) is 3.71. The number of hydrogen-bond acceptors (Lipinski definition) is 4. The minimum absolute atomic E-state index is 0.105. The number of carbonyl (C=O) groups is 1. The molecule has 1 aliphatic carbocycles. The quantitative estimate of drug-likeness (QED) is 0.587. The lowest BCUT2D eigenvalue weighted by Gasteiger charge is -2.18. The third-order valence-corrected chi connectivity index (χ3v) is 2.38. The zero-order valence-electron chi connectivity index (χ0n) is 9.41. The third kappa shape index (κ3) is 3.77. The van der Waals surface area contributed by atoms with Crippen LogP contribution in [0, 0.1) is 0 Å². The van der Waals surface area contributed by atoms with Gasteiger partial charge in [-0.1, -0.05) is 0 Å². The van der Waals surface area contributed by atoms with Gasteiger partial charge >= 0.3 is 0 Å². The Morgan fingerprint density at radius 2 is 1.93 bits per heavy atom. The fraction of sp³-hybridized carbons (Fsp3) is 0.900. The Morgan fingerprint density at radius 3 is 2.33 bits per heavy atom. The maximum Gasteiger partial charge on any atom is 0.240 e. The fourth-order valence-electron chi connectivity index (χ4n) is 1.25. The van der Waals surface area contributed by atoms with Gasteiger partial charge < -0.3 is 20.5 Å². The molecule has 0 unspecified atom stereocenters. The van der Waals surface area contributed by atoms with E-state index < -0.39 is 5.54 Å². The van der Waals surface area contributed by atoms with E-state index in [9.17, 15) is 4.79 Å². The van der Waals surface area contributed by atoms with Crippen molar-refractivity contribution in [2.75, 3.05) is 19.8 Å². The molecule has 0 atom stereocenters. The van der Waals surface area contributed by atoms with E-state index in [2.05, 4.69) is 5.32 Å². The molecule has 0 aromatic carbocycles. The summed E-state index contributed by atoms with van der Waals surface area (Å²) in [4.78, 5) is 11.5. The van der Waals surface area contributed by atoms with Crippen molar-refractivity contribution in [2.45, 2.75) is 38.5 Å². The Kier molecular flexibility index (Phi) is 4.50. The lowest BCUT2D eigenvalue weighted by atomic mass is 10.3. The summed E-state index contributed by atoms with van der Waals surface area (Å²) in [6, 6.07) is 0. The van der Waals surface area contributed by atoms with E-state index >= 15 is 0 Å². The Labute approximate surface area is 90.3 Å². The first-order valence-corrected chi connectivity index (χ1v) is 5.42. The number of hydrogen-bond donors (Lipinski definition) is 2. The van der Waals surface area contributed by atoms with E-state index in [1.807, 2.05) is 13.8 Å². The van der Waals surface area contributed by atoms with Crippen LogP contribution in [0.15, 0.2) is 0 Å². The zero-order chi connectivity index (χ0) is 11.3. The molecule has 88 valence electrons. The molecule has 0 radical (unpaired) electrons. The molecule has 1 amide bonds. The van der Waals surface area contributed by atoms with Crippen LogP contribution in [-0.2, 0) is 14.3 Å². The summed E-state index contributed by atoms with van der Waals surface area (Å²) in [6.45, 7) is 5.26. The standard InChI is InChI=1S/C10H20N2O3/c1-3-14-8(15-4-2)7-12-9(13)10(11)5-6-10/h8H,3-7,11H2,1-2H3,(H,12,13). The van der Waals surface area contributed by atoms with Gasteiger partial charge in [-0.15, -0.1) is 0 Å². The molecule has 0 bridgehead atoms. The van der Waals surface area contributed by atoms with Gasteiger partial charge in [-0.05, 0) is 26.7 Å². The van der Waals surface area contributed by atoms with Crippen molar-refractivity contribution < 1.29 is 14.3 Å². The van der Waals surface area contributed by atoms with Crippen LogP contribution in [0.2, 0.25) is 0 Å². The van der Waals surface area contributed by atoms with Crippen molar-refractivity contribution in [1.82, 2.24) is 5.32 Å². The number of rotatable bonds is 7. The summed E-state index contributed by atoms with van der Waals surface area (Å²) < 4.78 is 10.6. The van der Waals surface area contributed by atoms with Crippen LogP contribution in [0.1, 0.15) is 26.7 Å². The van der Waals surface area contributed by atoms with Crippen LogP contribution in [0.3, 0.4) is 0 Å². The van der Waals surface area contributed by atoms with Crippen LogP contribution in [0.5, 0.6) is 0 Å². The second kappa shape index (κ2) is 5.44.